The van der Waals surface area contributed by atoms with Gasteiger partial charge in [0, 0.05) is 51.2 Å². The van der Waals surface area contributed by atoms with E-state index >= 15 is 0 Å². The van der Waals surface area contributed by atoms with Gasteiger partial charge in [0.2, 0.25) is 0 Å². The van der Waals surface area contributed by atoms with Gasteiger partial charge in [-0.15, -0.1) is 0 Å². The normalized spacial score (nSPS) is 11.0. The molecule has 0 saturated heterocycles. The summed E-state index contributed by atoms with van der Waals surface area (Å²) in [5.41, 5.74) is 8.46. The molecular weight excluding hydrogens is 683 g/mol. The molecule has 8 nitrogen and oxygen atoms in total. The van der Waals surface area contributed by atoms with Crippen LogP contribution >= 0.6 is 0 Å². The first-order valence-corrected chi connectivity index (χ1v) is 17.9. The smallest absolute Gasteiger partial charge is 0.255 e. The van der Waals surface area contributed by atoms with E-state index in [2.05, 4.69) is 25.6 Å². The van der Waals surface area contributed by atoms with Gasteiger partial charge in [0.1, 0.15) is 0 Å². The lowest BCUT2D eigenvalue weighted by Crippen LogP contribution is -2.18. The van der Waals surface area contributed by atoms with Crippen LogP contribution in [0.4, 0.5) is 11.4 Å². The van der Waals surface area contributed by atoms with Gasteiger partial charge in [-0.25, -0.2) is 0 Å². The fraction of sp³-hybridized carbons (Fsp3) is 0.0638. The molecule has 55 heavy (non-hydrogen) atoms. The topological polar surface area (TPSA) is 114 Å². The number of ketones is 1. The summed E-state index contributed by atoms with van der Waals surface area (Å²) in [4.78, 5) is 55.5. The van der Waals surface area contributed by atoms with Gasteiger partial charge in [-0.1, -0.05) is 103 Å². The Bertz CT molecular complexity index is 2640. The molecule has 0 aliphatic carbocycles. The van der Waals surface area contributed by atoms with E-state index in [9.17, 15) is 14.4 Å². The Balaban J connectivity index is 1.09. The lowest BCUT2D eigenvalue weighted by Gasteiger charge is -2.13. The van der Waals surface area contributed by atoms with Crippen molar-refractivity contribution in [2.75, 3.05) is 10.6 Å². The number of aromatic nitrogens is 3. The number of benzene rings is 5. The van der Waals surface area contributed by atoms with Crippen LogP contribution in [0.2, 0.25) is 0 Å². The molecule has 8 heteroatoms. The highest BCUT2D eigenvalue weighted by Gasteiger charge is 2.19. The third kappa shape index (κ3) is 7.47. The molecule has 0 radical (unpaired) electrons. The van der Waals surface area contributed by atoms with Crippen molar-refractivity contribution in [3.8, 4) is 22.5 Å². The number of hydrogen-bond acceptors (Lipinski definition) is 6. The number of hydrogen-bond donors (Lipinski definition) is 2. The van der Waals surface area contributed by atoms with E-state index in [1.54, 1.807) is 18.6 Å². The number of rotatable bonds is 9. The lowest BCUT2D eigenvalue weighted by atomic mass is 9.97. The number of pyridine rings is 3. The van der Waals surface area contributed by atoms with Crippen molar-refractivity contribution in [3.63, 3.8) is 0 Å². The Morgan fingerprint density at radius 1 is 0.509 bits per heavy atom. The first-order valence-electron chi connectivity index (χ1n) is 17.9. The predicted octanol–water partition coefficient (Wildman–Crippen LogP) is 10.1. The van der Waals surface area contributed by atoms with Crippen LogP contribution in [-0.4, -0.2) is 32.5 Å². The summed E-state index contributed by atoms with van der Waals surface area (Å²) in [7, 11) is 0. The minimum atomic E-state index is -0.486. The van der Waals surface area contributed by atoms with Crippen molar-refractivity contribution >= 4 is 50.6 Å². The SMILES string of the molecule is Cc1cc(CC(=O)c2cc(C(=O)Nc3cnc(-c4ccccc4)c(C)c3)cc(C(=O)Nc3cnc4c(ccc5ccccc54)c3)c2)cnc1-c1ccccc1. The number of nitrogens with zero attached hydrogens (tertiary/aromatic N) is 3. The third-order valence-corrected chi connectivity index (χ3v) is 9.54. The first-order chi connectivity index (χ1) is 26.8. The van der Waals surface area contributed by atoms with E-state index in [1.165, 1.54) is 18.2 Å². The summed E-state index contributed by atoms with van der Waals surface area (Å²) >= 11 is 0. The largest absolute Gasteiger partial charge is 0.321 e. The van der Waals surface area contributed by atoms with Crippen LogP contribution in [0.3, 0.4) is 0 Å². The number of Topliss-reactive ketones (excluding diaryl/α,β-unsaturated/α-hetero) is 1. The second-order valence-electron chi connectivity index (χ2n) is 13.5. The third-order valence-electron chi connectivity index (χ3n) is 9.54. The van der Waals surface area contributed by atoms with Crippen LogP contribution in [0.1, 0.15) is 47.8 Å². The van der Waals surface area contributed by atoms with Gasteiger partial charge < -0.3 is 10.6 Å². The molecule has 0 fully saturated rings. The maximum Gasteiger partial charge on any atom is 0.255 e. The summed E-state index contributed by atoms with van der Waals surface area (Å²) in [5, 5.41) is 8.78. The molecule has 3 heterocycles. The zero-order valence-electron chi connectivity index (χ0n) is 30.2. The van der Waals surface area contributed by atoms with Gasteiger partial charge in [0.05, 0.1) is 40.7 Å². The standard InChI is InChI=1S/C47H35N5O3/c1-29-19-31(26-48-43(29)33-12-5-3-6-13-33)21-42(53)36-22-37(46(54)51-39-20-30(2)44(49-27-39)34-14-7-4-8-15-34)24-38(23-36)47(55)52-40-25-35-18-17-32-11-9-10-16-41(32)45(35)50-28-40/h3-20,22-28H,21H2,1-2H3,(H,51,54)(H,52,55). The second kappa shape index (κ2) is 15.0. The van der Waals surface area contributed by atoms with E-state index in [4.69, 9.17) is 0 Å². The molecular formula is C47H35N5O3. The lowest BCUT2D eigenvalue weighted by molar-refractivity contribution is 0.0992. The molecule has 0 aliphatic rings. The zero-order valence-corrected chi connectivity index (χ0v) is 30.2. The predicted molar refractivity (Wildman–Crippen MR) is 218 cm³/mol. The number of nitrogens with one attached hydrogen (secondary N) is 2. The van der Waals surface area contributed by atoms with Crippen molar-refractivity contribution in [3.05, 3.63) is 185 Å². The highest BCUT2D eigenvalue weighted by Crippen LogP contribution is 2.27. The quantitative estimate of drug-likeness (QED) is 0.114. The van der Waals surface area contributed by atoms with Crippen LogP contribution in [0, 0.1) is 13.8 Å². The molecule has 5 aromatic carbocycles. The number of amides is 2. The Morgan fingerprint density at radius 3 is 1.67 bits per heavy atom. The first kappa shape index (κ1) is 34.7. The van der Waals surface area contributed by atoms with Crippen LogP contribution in [0.25, 0.3) is 44.2 Å². The molecule has 3 aromatic heterocycles. The summed E-state index contributed by atoms with van der Waals surface area (Å²) < 4.78 is 0. The van der Waals surface area contributed by atoms with Gasteiger partial charge >= 0.3 is 0 Å². The molecule has 8 rings (SSSR count). The van der Waals surface area contributed by atoms with E-state index in [0.717, 1.165) is 60.9 Å². The second-order valence-corrected chi connectivity index (χ2v) is 13.5. The molecule has 2 N–H and O–H groups in total. The average Bonchev–Trinajstić information content (AvgIpc) is 3.21. The Morgan fingerprint density at radius 2 is 1.04 bits per heavy atom. The zero-order chi connectivity index (χ0) is 37.9. The van der Waals surface area contributed by atoms with Crippen molar-refractivity contribution < 1.29 is 14.4 Å². The minimum Gasteiger partial charge on any atom is -0.321 e. The van der Waals surface area contributed by atoms with Gasteiger partial charge in [-0.05, 0) is 66.3 Å². The molecule has 8 aromatic rings. The van der Waals surface area contributed by atoms with Gasteiger partial charge in [0.25, 0.3) is 11.8 Å². The minimum absolute atomic E-state index is 0.0294. The molecule has 0 spiro atoms. The maximum atomic E-state index is 13.9. The molecule has 0 saturated carbocycles. The highest BCUT2D eigenvalue weighted by molar-refractivity contribution is 6.12. The van der Waals surface area contributed by atoms with Crippen molar-refractivity contribution in [2.45, 2.75) is 20.3 Å². The van der Waals surface area contributed by atoms with Crippen LogP contribution in [0.15, 0.2) is 152 Å². The molecule has 0 unspecified atom stereocenters. The maximum absolute atomic E-state index is 13.9. The Kier molecular flexibility index (Phi) is 9.45. The molecule has 0 atom stereocenters. The average molecular weight is 718 g/mol. The Hall–Kier alpha value is -7.32. The Labute approximate surface area is 318 Å². The molecule has 0 aliphatic heterocycles. The van der Waals surface area contributed by atoms with Crippen LogP contribution < -0.4 is 10.6 Å². The van der Waals surface area contributed by atoms with Crippen molar-refractivity contribution in [1.82, 2.24) is 15.0 Å². The number of aryl methyl sites for hydroxylation is 2. The van der Waals surface area contributed by atoms with Gasteiger partial charge in [0.15, 0.2) is 5.78 Å². The summed E-state index contributed by atoms with van der Waals surface area (Å²) in [6.45, 7) is 3.89. The van der Waals surface area contributed by atoms with E-state index < -0.39 is 11.8 Å². The van der Waals surface area contributed by atoms with E-state index in [0.29, 0.717) is 11.4 Å². The van der Waals surface area contributed by atoms with Gasteiger partial charge in [-0.3, -0.25) is 29.3 Å². The molecule has 2 amide bonds. The summed E-state index contributed by atoms with van der Waals surface area (Å²) in [5.74, 6) is -1.23. The number of carbonyl (C=O) groups excluding carboxylic acids is 3. The fourth-order valence-electron chi connectivity index (χ4n) is 6.85. The van der Waals surface area contributed by atoms with Crippen molar-refractivity contribution in [2.24, 2.45) is 0 Å². The summed E-state index contributed by atoms with van der Waals surface area (Å²) in [6.07, 6.45) is 4.93. The molecule has 0 bridgehead atoms. The van der Waals surface area contributed by atoms with Crippen LogP contribution in [0.5, 0.6) is 0 Å². The highest BCUT2D eigenvalue weighted by atomic mass is 16.2. The number of fused-ring (bicyclic) bond motifs is 3. The fourth-order valence-corrected chi connectivity index (χ4v) is 6.85. The van der Waals surface area contributed by atoms with Crippen molar-refractivity contribution in [1.29, 1.82) is 0 Å². The number of anilines is 2. The van der Waals surface area contributed by atoms with Gasteiger partial charge in [-0.2, -0.15) is 0 Å². The van der Waals surface area contributed by atoms with Crippen LogP contribution in [-0.2, 0) is 6.42 Å². The summed E-state index contributed by atoms with van der Waals surface area (Å²) in [6, 6.07) is 41.8. The molecule has 266 valence electrons. The van der Waals surface area contributed by atoms with E-state index in [1.807, 2.05) is 129 Å². The number of carbonyl (C=O) groups is 3. The van der Waals surface area contributed by atoms with E-state index in [-0.39, 0.29) is 28.9 Å². The monoisotopic (exact) mass is 717 g/mol.